The Morgan fingerprint density at radius 3 is 2.85 bits per heavy atom. The molecule has 140 valence electrons. The summed E-state index contributed by atoms with van der Waals surface area (Å²) < 4.78 is 10.6. The Morgan fingerprint density at radius 1 is 1.33 bits per heavy atom. The molecule has 7 heteroatoms. The maximum atomic E-state index is 12.6. The van der Waals surface area contributed by atoms with Gasteiger partial charge in [-0.3, -0.25) is 4.79 Å². The minimum absolute atomic E-state index is 0.00843. The number of likely N-dealkylation sites (tertiary alicyclic amines) is 1. The van der Waals surface area contributed by atoms with Gasteiger partial charge in [0.05, 0.1) is 19.6 Å². The zero-order valence-corrected chi connectivity index (χ0v) is 16.1. The van der Waals surface area contributed by atoms with Crippen LogP contribution in [-0.4, -0.2) is 34.6 Å². The lowest BCUT2D eigenvalue weighted by Gasteiger charge is -2.25. The molecule has 0 radical (unpaired) electrons. The van der Waals surface area contributed by atoms with Crippen molar-refractivity contribution < 1.29 is 14.1 Å². The number of carbonyl (C=O) groups excluding carboxylic acids is 1. The normalized spacial score (nSPS) is 18.1. The second-order valence-corrected chi connectivity index (χ2v) is 7.73. The molecule has 1 aliphatic heterocycles. The van der Waals surface area contributed by atoms with Crippen molar-refractivity contribution in [1.29, 1.82) is 0 Å². The number of benzene rings is 1. The average Bonchev–Trinajstić information content (AvgIpc) is 3.43. The highest BCUT2D eigenvalue weighted by atomic mass is 32.1. The van der Waals surface area contributed by atoms with Crippen LogP contribution in [-0.2, 0) is 11.2 Å². The molecule has 0 spiro atoms. The number of aromatic nitrogens is 2. The Balaban J connectivity index is 1.44. The van der Waals surface area contributed by atoms with Crippen molar-refractivity contribution >= 4 is 17.2 Å². The van der Waals surface area contributed by atoms with Crippen LogP contribution in [0.25, 0.3) is 0 Å². The summed E-state index contributed by atoms with van der Waals surface area (Å²) in [5, 5.41) is 6.15. The van der Waals surface area contributed by atoms with Crippen molar-refractivity contribution in [2.24, 2.45) is 0 Å². The SMILES string of the molecule is COc1ccc(C(C)N2CC(c3noc(Cc4cccs4)n3)CC2=O)cc1. The van der Waals surface area contributed by atoms with Gasteiger partial charge in [-0.15, -0.1) is 11.3 Å². The van der Waals surface area contributed by atoms with Gasteiger partial charge in [-0.1, -0.05) is 23.4 Å². The summed E-state index contributed by atoms with van der Waals surface area (Å²) >= 11 is 1.67. The number of hydrogen-bond acceptors (Lipinski definition) is 6. The van der Waals surface area contributed by atoms with Crippen molar-refractivity contribution in [1.82, 2.24) is 15.0 Å². The molecule has 0 saturated carbocycles. The minimum Gasteiger partial charge on any atom is -0.497 e. The second-order valence-electron chi connectivity index (χ2n) is 6.70. The lowest BCUT2D eigenvalue weighted by Crippen LogP contribution is -2.28. The van der Waals surface area contributed by atoms with Gasteiger partial charge < -0.3 is 14.2 Å². The Hall–Kier alpha value is -2.67. The van der Waals surface area contributed by atoms with E-state index >= 15 is 0 Å². The lowest BCUT2D eigenvalue weighted by atomic mass is 10.1. The Morgan fingerprint density at radius 2 is 2.15 bits per heavy atom. The molecular formula is C20H21N3O3S. The van der Waals surface area contributed by atoms with Gasteiger partial charge in [0.1, 0.15) is 5.75 Å². The van der Waals surface area contributed by atoms with Crippen molar-refractivity contribution in [3.8, 4) is 5.75 Å². The first-order valence-corrected chi connectivity index (χ1v) is 9.80. The smallest absolute Gasteiger partial charge is 0.231 e. The number of hydrogen-bond donors (Lipinski definition) is 0. The number of rotatable bonds is 6. The third kappa shape index (κ3) is 3.73. The summed E-state index contributed by atoms with van der Waals surface area (Å²) in [4.78, 5) is 20.2. The molecule has 1 aromatic carbocycles. The molecular weight excluding hydrogens is 362 g/mol. The number of ether oxygens (including phenoxy) is 1. The van der Waals surface area contributed by atoms with Gasteiger partial charge in [0, 0.05) is 23.8 Å². The summed E-state index contributed by atoms with van der Waals surface area (Å²) in [6.45, 7) is 2.64. The van der Waals surface area contributed by atoms with E-state index in [9.17, 15) is 4.79 Å². The number of methoxy groups -OCH3 is 1. The fraction of sp³-hybridized carbons (Fsp3) is 0.350. The van der Waals surface area contributed by atoms with Gasteiger partial charge in [-0.2, -0.15) is 4.98 Å². The van der Waals surface area contributed by atoms with Gasteiger partial charge in [0.15, 0.2) is 5.82 Å². The maximum absolute atomic E-state index is 12.6. The van der Waals surface area contributed by atoms with E-state index in [0.717, 1.165) is 11.3 Å². The molecule has 2 aromatic heterocycles. The number of nitrogens with zero attached hydrogens (tertiary/aromatic N) is 3. The molecule has 4 rings (SSSR count). The molecule has 0 aliphatic carbocycles. The van der Waals surface area contributed by atoms with Gasteiger partial charge in [0.2, 0.25) is 11.8 Å². The third-order valence-corrected chi connectivity index (χ3v) is 5.86. The van der Waals surface area contributed by atoms with Crippen molar-refractivity contribution in [3.05, 3.63) is 63.9 Å². The molecule has 1 aliphatic rings. The van der Waals surface area contributed by atoms with Crippen LogP contribution in [0.2, 0.25) is 0 Å². The highest BCUT2D eigenvalue weighted by Gasteiger charge is 2.36. The fourth-order valence-electron chi connectivity index (χ4n) is 3.41. The predicted molar refractivity (Wildman–Crippen MR) is 102 cm³/mol. The van der Waals surface area contributed by atoms with Crippen LogP contribution in [0.5, 0.6) is 5.75 Å². The van der Waals surface area contributed by atoms with E-state index in [-0.39, 0.29) is 17.9 Å². The molecule has 1 saturated heterocycles. The van der Waals surface area contributed by atoms with Crippen LogP contribution in [0.1, 0.15) is 47.5 Å². The molecule has 3 heterocycles. The van der Waals surface area contributed by atoms with Crippen LogP contribution in [0.4, 0.5) is 0 Å². The Labute approximate surface area is 161 Å². The van der Waals surface area contributed by atoms with E-state index in [4.69, 9.17) is 9.26 Å². The second kappa shape index (κ2) is 7.52. The summed E-state index contributed by atoms with van der Waals surface area (Å²) in [5.74, 6) is 2.12. The molecule has 0 bridgehead atoms. The average molecular weight is 383 g/mol. The number of carbonyl (C=O) groups is 1. The summed E-state index contributed by atoms with van der Waals surface area (Å²) in [7, 11) is 1.64. The van der Waals surface area contributed by atoms with E-state index in [1.807, 2.05) is 53.6 Å². The van der Waals surface area contributed by atoms with Gasteiger partial charge in [-0.05, 0) is 36.1 Å². The predicted octanol–water partition coefficient (Wildman–Crippen LogP) is 3.81. The third-order valence-electron chi connectivity index (χ3n) is 4.98. The lowest BCUT2D eigenvalue weighted by molar-refractivity contribution is -0.129. The zero-order valence-electron chi connectivity index (χ0n) is 15.3. The Kier molecular flexibility index (Phi) is 4.94. The molecule has 3 aromatic rings. The summed E-state index contributed by atoms with van der Waals surface area (Å²) in [6.07, 6.45) is 1.05. The van der Waals surface area contributed by atoms with E-state index in [1.54, 1.807) is 18.4 Å². The topological polar surface area (TPSA) is 68.5 Å². The van der Waals surface area contributed by atoms with E-state index < -0.39 is 0 Å². The minimum atomic E-state index is -0.0287. The highest BCUT2D eigenvalue weighted by molar-refractivity contribution is 7.09. The molecule has 2 atom stereocenters. The number of amides is 1. The first-order chi connectivity index (χ1) is 13.1. The van der Waals surface area contributed by atoms with Crippen molar-refractivity contribution in [2.75, 3.05) is 13.7 Å². The zero-order chi connectivity index (χ0) is 18.8. The summed E-state index contributed by atoms with van der Waals surface area (Å²) in [5.41, 5.74) is 1.08. The fourth-order valence-corrected chi connectivity index (χ4v) is 4.11. The van der Waals surface area contributed by atoms with Crippen LogP contribution in [0.3, 0.4) is 0 Å². The molecule has 27 heavy (non-hydrogen) atoms. The quantitative estimate of drug-likeness (QED) is 0.647. The molecule has 2 unspecified atom stereocenters. The number of thiophene rings is 1. The van der Waals surface area contributed by atoms with Crippen LogP contribution in [0, 0.1) is 0 Å². The molecule has 0 N–H and O–H groups in total. The van der Waals surface area contributed by atoms with E-state index in [1.165, 1.54) is 4.88 Å². The van der Waals surface area contributed by atoms with Crippen molar-refractivity contribution in [3.63, 3.8) is 0 Å². The van der Waals surface area contributed by atoms with E-state index in [0.29, 0.717) is 31.1 Å². The first kappa shape index (κ1) is 17.7. The Bertz CT molecular complexity index is 905. The highest BCUT2D eigenvalue weighted by Crippen LogP contribution is 2.33. The molecule has 1 amide bonds. The maximum Gasteiger partial charge on any atom is 0.231 e. The first-order valence-electron chi connectivity index (χ1n) is 8.92. The van der Waals surface area contributed by atoms with Gasteiger partial charge >= 0.3 is 0 Å². The van der Waals surface area contributed by atoms with Gasteiger partial charge in [-0.25, -0.2) is 0 Å². The largest absolute Gasteiger partial charge is 0.497 e. The van der Waals surface area contributed by atoms with Crippen LogP contribution >= 0.6 is 11.3 Å². The van der Waals surface area contributed by atoms with Crippen molar-refractivity contribution in [2.45, 2.75) is 31.7 Å². The van der Waals surface area contributed by atoms with E-state index in [2.05, 4.69) is 10.1 Å². The standard InChI is InChI=1S/C20H21N3O3S/c1-13(14-5-7-16(25-2)8-6-14)23-12-15(10-19(23)24)20-21-18(26-22-20)11-17-4-3-9-27-17/h3-9,13,15H,10-12H2,1-2H3. The van der Waals surface area contributed by atoms with Crippen LogP contribution in [0.15, 0.2) is 46.3 Å². The summed E-state index contributed by atoms with van der Waals surface area (Å²) in [6, 6.07) is 11.9. The van der Waals surface area contributed by atoms with Crippen LogP contribution < -0.4 is 4.74 Å². The molecule has 1 fully saturated rings. The van der Waals surface area contributed by atoms with Gasteiger partial charge in [0.25, 0.3) is 0 Å². The molecule has 6 nitrogen and oxygen atoms in total. The monoisotopic (exact) mass is 383 g/mol.